The van der Waals surface area contributed by atoms with Gasteiger partial charge in [-0.1, -0.05) is 12.1 Å². The van der Waals surface area contributed by atoms with Crippen molar-refractivity contribution in [2.75, 3.05) is 37.9 Å². The number of rotatable bonds is 6. The molecule has 8 heteroatoms. The zero-order valence-electron chi connectivity index (χ0n) is 16.3. The summed E-state index contributed by atoms with van der Waals surface area (Å²) in [6.07, 6.45) is 0.736. The number of hydrogen-bond donors (Lipinski definition) is 0. The summed E-state index contributed by atoms with van der Waals surface area (Å²) in [6, 6.07) is 12.0. The van der Waals surface area contributed by atoms with E-state index in [1.54, 1.807) is 36.4 Å². The number of nitrogens with zero attached hydrogens (tertiary/aromatic N) is 1. The van der Waals surface area contributed by atoms with E-state index in [1.165, 1.54) is 4.90 Å². The molecule has 0 unspecified atom stereocenters. The number of hydrogen-bond acceptors (Lipinski definition) is 7. The van der Waals surface area contributed by atoms with Gasteiger partial charge in [0.1, 0.15) is 5.75 Å². The van der Waals surface area contributed by atoms with Crippen molar-refractivity contribution in [3.05, 3.63) is 48.0 Å². The molecule has 0 aliphatic carbocycles. The predicted octanol–water partition coefficient (Wildman–Crippen LogP) is 2.39. The molecule has 0 spiro atoms. The molecule has 0 N–H and O–H groups in total. The minimum atomic E-state index is -0.561. The van der Waals surface area contributed by atoms with E-state index in [1.807, 2.05) is 6.07 Å². The Morgan fingerprint density at radius 2 is 1.77 bits per heavy atom. The number of carbonyl (C=O) groups excluding carboxylic acids is 3. The molecule has 0 saturated heterocycles. The summed E-state index contributed by atoms with van der Waals surface area (Å²) in [7, 11) is 0. The van der Waals surface area contributed by atoms with Gasteiger partial charge in [-0.15, -0.1) is 0 Å². The number of ether oxygens (including phenoxy) is 4. The lowest BCUT2D eigenvalue weighted by atomic mass is 10.1. The second kappa shape index (κ2) is 8.86. The van der Waals surface area contributed by atoms with Crippen molar-refractivity contribution in [1.29, 1.82) is 0 Å². The Kier molecular flexibility index (Phi) is 5.83. The molecule has 2 heterocycles. The minimum absolute atomic E-state index is 0.0332. The number of esters is 1. The molecule has 2 aliphatic rings. The van der Waals surface area contributed by atoms with Gasteiger partial charge in [0.2, 0.25) is 0 Å². The van der Waals surface area contributed by atoms with E-state index in [2.05, 4.69) is 0 Å². The number of anilines is 1. The van der Waals surface area contributed by atoms with Crippen LogP contribution in [0.3, 0.4) is 0 Å². The first kappa shape index (κ1) is 19.8. The number of carbonyl (C=O) groups is 3. The molecule has 1 amide bonds. The van der Waals surface area contributed by atoms with Crippen LogP contribution in [0.15, 0.2) is 42.5 Å². The first-order valence-corrected chi connectivity index (χ1v) is 9.72. The van der Waals surface area contributed by atoms with Crippen molar-refractivity contribution in [2.45, 2.75) is 12.8 Å². The third-order valence-corrected chi connectivity index (χ3v) is 4.78. The van der Waals surface area contributed by atoms with Crippen LogP contribution in [0.2, 0.25) is 0 Å². The van der Waals surface area contributed by atoms with E-state index in [0.29, 0.717) is 41.7 Å². The smallest absolute Gasteiger partial charge is 0.308 e. The fourth-order valence-electron chi connectivity index (χ4n) is 3.24. The highest BCUT2D eigenvalue weighted by Gasteiger charge is 2.25. The predicted molar refractivity (Wildman–Crippen MR) is 106 cm³/mol. The molecule has 0 fully saturated rings. The van der Waals surface area contributed by atoms with Crippen LogP contribution in [-0.2, 0) is 14.3 Å². The second-order valence-electron chi connectivity index (χ2n) is 6.85. The van der Waals surface area contributed by atoms with Gasteiger partial charge >= 0.3 is 5.97 Å². The van der Waals surface area contributed by atoms with E-state index < -0.39 is 5.97 Å². The molecule has 0 atom stereocenters. The maximum atomic E-state index is 12.4. The molecular formula is C22H21NO7. The molecule has 8 nitrogen and oxygen atoms in total. The highest BCUT2D eigenvalue weighted by atomic mass is 16.5. The largest absolute Gasteiger partial charge is 0.490 e. The van der Waals surface area contributed by atoms with Gasteiger partial charge in [-0.05, 0) is 30.3 Å². The van der Waals surface area contributed by atoms with Gasteiger partial charge < -0.3 is 23.8 Å². The molecule has 2 aromatic carbocycles. The lowest BCUT2D eigenvalue weighted by molar-refractivity contribution is -0.142. The van der Waals surface area contributed by atoms with Gasteiger partial charge in [0.15, 0.2) is 30.5 Å². The monoisotopic (exact) mass is 411 g/mol. The summed E-state index contributed by atoms with van der Waals surface area (Å²) in [6.45, 7) is 0.772. The number of benzene rings is 2. The summed E-state index contributed by atoms with van der Waals surface area (Å²) in [5.41, 5.74) is 0.995. The fourth-order valence-corrected chi connectivity index (χ4v) is 3.24. The third kappa shape index (κ3) is 4.37. The van der Waals surface area contributed by atoms with Crippen LogP contribution in [-0.4, -0.2) is 50.6 Å². The fraction of sp³-hybridized carbons (Fsp3) is 0.318. The second-order valence-corrected chi connectivity index (χ2v) is 6.85. The first-order valence-electron chi connectivity index (χ1n) is 9.72. The zero-order valence-corrected chi connectivity index (χ0v) is 16.3. The normalized spacial score (nSPS) is 14.9. The Morgan fingerprint density at radius 1 is 0.967 bits per heavy atom. The van der Waals surface area contributed by atoms with Gasteiger partial charge in [-0.3, -0.25) is 14.4 Å². The Bertz CT molecular complexity index is 972. The molecule has 0 aromatic heterocycles. The molecule has 0 bridgehead atoms. The van der Waals surface area contributed by atoms with Crippen LogP contribution in [0, 0.1) is 0 Å². The van der Waals surface area contributed by atoms with Crippen LogP contribution in [0.4, 0.5) is 5.69 Å². The number of amides is 1. The van der Waals surface area contributed by atoms with Crippen molar-refractivity contribution in [1.82, 2.24) is 0 Å². The standard InChI is InChI=1S/C22H21NO7/c24-17(15-6-7-19-20(12-15)28-11-3-10-27-19)13-30-22(26)8-9-23-16-4-1-2-5-18(16)29-14-21(23)25/h1-2,4-7,12H,3,8-11,13-14H2. The quantitative estimate of drug-likeness (QED) is 0.532. The topological polar surface area (TPSA) is 91.4 Å². The van der Waals surface area contributed by atoms with Crippen molar-refractivity contribution in [2.24, 2.45) is 0 Å². The number of ketones is 1. The summed E-state index contributed by atoms with van der Waals surface area (Å²) < 4.78 is 21.6. The Hall–Kier alpha value is -3.55. The number of fused-ring (bicyclic) bond motifs is 2. The SMILES string of the molecule is O=C(CCN1C(=O)COc2ccccc21)OCC(=O)c1ccc2c(c1)OCCCO2. The Balaban J connectivity index is 1.31. The van der Waals surface area contributed by atoms with E-state index in [9.17, 15) is 14.4 Å². The van der Waals surface area contributed by atoms with Crippen LogP contribution in [0.1, 0.15) is 23.2 Å². The Labute approximate surface area is 173 Å². The average molecular weight is 411 g/mol. The van der Waals surface area contributed by atoms with Crippen molar-refractivity contribution in [3.63, 3.8) is 0 Å². The molecule has 0 radical (unpaired) electrons. The maximum absolute atomic E-state index is 12.4. The van der Waals surface area contributed by atoms with Gasteiger partial charge in [-0.25, -0.2) is 0 Å². The number of Topliss-reactive ketones (excluding diaryl/α,β-unsaturated/α-hetero) is 1. The van der Waals surface area contributed by atoms with Gasteiger partial charge in [0, 0.05) is 18.5 Å². The highest BCUT2D eigenvalue weighted by Crippen LogP contribution is 2.32. The molecule has 156 valence electrons. The number of para-hydroxylation sites is 2. The van der Waals surface area contributed by atoms with Gasteiger partial charge in [0.25, 0.3) is 5.91 Å². The van der Waals surface area contributed by atoms with E-state index >= 15 is 0 Å². The van der Waals surface area contributed by atoms with Crippen LogP contribution < -0.4 is 19.1 Å². The lowest BCUT2D eigenvalue weighted by Crippen LogP contribution is -2.40. The minimum Gasteiger partial charge on any atom is -0.490 e. The highest BCUT2D eigenvalue weighted by molar-refractivity contribution is 5.99. The van der Waals surface area contributed by atoms with Crippen molar-refractivity contribution >= 4 is 23.3 Å². The van der Waals surface area contributed by atoms with Crippen molar-refractivity contribution < 1.29 is 33.3 Å². The molecule has 4 rings (SSSR count). The summed E-state index contributed by atoms with van der Waals surface area (Å²) in [5, 5.41) is 0. The van der Waals surface area contributed by atoms with Gasteiger partial charge in [-0.2, -0.15) is 0 Å². The zero-order chi connectivity index (χ0) is 20.9. The molecule has 30 heavy (non-hydrogen) atoms. The van der Waals surface area contributed by atoms with E-state index in [4.69, 9.17) is 18.9 Å². The molecule has 0 saturated carbocycles. The van der Waals surface area contributed by atoms with E-state index in [-0.39, 0.29) is 37.9 Å². The van der Waals surface area contributed by atoms with Gasteiger partial charge in [0.05, 0.1) is 25.3 Å². The van der Waals surface area contributed by atoms with Crippen LogP contribution >= 0.6 is 0 Å². The maximum Gasteiger partial charge on any atom is 0.308 e. The lowest BCUT2D eigenvalue weighted by Gasteiger charge is -2.28. The Morgan fingerprint density at radius 3 is 2.63 bits per heavy atom. The van der Waals surface area contributed by atoms with Crippen LogP contribution in [0.5, 0.6) is 17.2 Å². The third-order valence-electron chi connectivity index (χ3n) is 4.78. The van der Waals surface area contributed by atoms with E-state index in [0.717, 1.165) is 6.42 Å². The van der Waals surface area contributed by atoms with Crippen LogP contribution in [0.25, 0.3) is 0 Å². The summed E-state index contributed by atoms with van der Waals surface area (Å²) in [5.74, 6) is 0.562. The average Bonchev–Trinajstić information content (AvgIpc) is 3.01. The first-order chi connectivity index (χ1) is 14.6. The molecule has 2 aliphatic heterocycles. The summed E-state index contributed by atoms with van der Waals surface area (Å²) in [4.78, 5) is 38.1. The van der Waals surface area contributed by atoms with Crippen molar-refractivity contribution in [3.8, 4) is 17.2 Å². The summed E-state index contributed by atoms with van der Waals surface area (Å²) >= 11 is 0. The molecule has 2 aromatic rings. The molecular weight excluding hydrogens is 390 g/mol.